The Balaban J connectivity index is 1.53. The van der Waals surface area contributed by atoms with Crippen LogP contribution in [0, 0.1) is 17.6 Å². The normalized spacial score (nSPS) is 20.5. The maximum absolute atomic E-state index is 14.1. The number of amides is 1. The molecular formula is C26H27F2N5O5S. The van der Waals surface area contributed by atoms with Crippen LogP contribution in [-0.2, 0) is 16.0 Å². The molecule has 1 amide bonds. The third kappa shape index (κ3) is 4.44. The van der Waals surface area contributed by atoms with Gasteiger partial charge in [0, 0.05) is 38.7 Å². The molecule has 39 heavy (non-hydrogen) atoms. The third-order valence-corrected chi connectivity index (χ3v) is 8.62. The average Bonchev–Trinajstić information content (AvgIpc) is 3.54. The van der Waals surface area contributed by atoms with Gasteiger partial charge in [0.15, 0.2) is 16.5 Å². The van der Waals surface area contributed by atoms with E-state index in [1.807, 2.05) is 11.9 Å². The van der Waals surface area contributed by atoms with E-state index in [0.717, 1.165) is 23.5 Å². The molecule has 3 heterocycles. The standard InChI is InChI=1S/C26H27F2N5O5S/c1-4-32-25(37)21-23(36)22(35)17(24-30-29-19(39-24)10-15-5-6-16(27)11-18(15)28)13-33(21)31(2)26(32)8-7-14(12-26)9-20(34)38-3/h5-6,11,13-14,36H,4,7-10,12H2,1-3H3. The molecule has 0 saturated heterocycles. The van der Waals surface area contributed by atoms with E-state index in [1.54, 1.807) is 11.9 Å². The molecule has 206 valence electrons. The molecule has 13 heteroatoms. The van der Waals surface area contributed by atoms with Crippen LogP contribution in [0.2, 0.25) is 0 Å². The van der Waals surface area contributed by atoms with E-state index in [9.17, 15) is 28.3 Å². The van der Waals surface area contributed by atoms with Crippen molar-refractivity contribution in [3.05, 3.63) is 62.5 Å². The van der Waals surface area contributed by atoms with Gasteiger partial charge in [-0.3, -0.25) is 24.1 Å². The van der Waals surface area contributed by atoms with Crippen LogP contribution in [0.5, 0.6) is 5.75 Å². The number of carbonyl (C=O) groups is 2. The van der Waals surface area contributed by atoms with Crippen molar-refractivity contribution in [3.63, 3.8) is 0 Å². The summed E-state index contributed by atoms with van der Waals surface area (Å²) in [6.45, 7) is 2.16. The van der Waals surface area contributed by atoms with Gasteiger partial charge in [-0.1, -0.05) is 17.4 Å². The zero-order valence-corrected chi connectivity index (χ0v) is 22.4. The number of halogens is 2. The summed E-state index contributed by atoms with van der Waals surface area (Å²) in [4.78, 5) is 40.4. The maximum atomic E-state index is 14.1. The van der Waals surface area contributed by atoms with E-state index < -0.39 is 34.4 Å². The van der Waals surface area contributed by atoms with Crippen molar-refractivity contribution in [2.24, 2.45) is 5.92 Å². The van der Waals surface area contributed by atoms with Crippen LogP contribution in [0.4, 0.5) is 8.78 Å². The zero-order valence-electron chi connectivity index (χ0n) is 21.6. The Kier molecular flexibility index (Phi) is 6.87. The van der Waals surface area contributed by atoms with Crippen LogP contribution >= 0.6 is 11.3 Å². The minimum absolute atomic E-state index is 0.00618. The first-order valence-corrected chi connectivity index (χ1v) is 13.3. The lowest BCUT2D eigenvalue weighted by molar-refractivity contribution is -0.141. The molecule has 0 bridgehead atoms. The number of aromatic hydroxyl groups is 1. The first kappa shape index (κ1) is 26.7. The number of carbonyl (C=O) groups excluding carboxylic acids is 2. The van der Waals surface area contributed by atoms with Gasteiger partial charge < -0.3 is 14.7 Å². The second-order valence-corrected chi connectivity index (χ2v) is 10.8. The van der Waals surface area contributed by atoms with Gasteiger partial charge in [0.25, 0.3) is 5.91 Å². The fourth-order valence-electron chi connectivity index (χ4n) is 5.70. The lowest BCUT2D eigenvalue weighted by Crippen LogP contribution is -2.68. The molecule has 1 spiro atoms. The van der Waals surface area contributed by atoms with Crippen molar-refractivity contribution in [2.45, 2.75) is 44.7 Å². The molecule has 1 fully saturated rings. The molecule has 3 aromatic rings. The van der Waals surface area contributed by atoms with Crippen LogP contribution in [0.25, 0.3) is 10.6 Å². The van der Waals surface area contributed by atoms with Gasteiger partial charge in [-0.15, -0.1) is 10.2 Å². The predicted octanol–water partition coefficient (Wildman–Crippen LogP) is 3.04. The molecule has 1 aliphatic heterocycles. The molecule has 1 saturated carbocycles. The summed E-state index contributed by atoms with van der Waals surface area (Å²) in [6.07, 6.45) is 3.51. The number of fused-ring (bicyclic) bond motifs is 1. The van der Waals surface area contributed by atoms with Gasteiger partial charge in [0.05, 0.1) is 12.7 Å². The lowest BCUT2D eigenvalue weighted by atomic mass is 9.98. The van der Waals surface area contributed by atoms with Crippen molar-refractivity contribution >= 4 is 23.2 Å². The Morgan fingerprint density at radius 1 is 1.28 bits per heavy atom. The number of pyridine rings is 1. The number of rotatable bonds is 6. The van der Waals surface area contributed by atoms with E-state index in [2.05, 4.69) is 10.2 Å². The van der Waals surface area contributed by atoms with Crippen LogP contribution in [0.1, 0.15) is 53.7 Å². The molecule has 2 atom stereocenters. The van der Waals surface area contributed by atoms with Gasteiger partial charge in [0.2, 0.25) is 5.43 Å². The number of ether oxygens (including phenoxy) is 1. The summed E-state index contributed by atoms with van der Waals surface area (Å²) in [5.74, 6) is -2.92. The van der Waals surface area contributed by atoms with E-state index in [1.165, 1.54) is 24.0 Å². The van der Waals surface area contributed by atoms with Gasteiger partial charge in [0.1, 0.15) is 22.3 Å². The molecule has 0 radical (unpaired) electrons. The molecule has 10 nitrogen and oxygen atoms in total. The SMILES string of the molecule is CCN1C(=O)c2c(O)c(=O)c(-c3nnc(Cc4ccc(F)cc4F)s3)cn2N(C)C12CCC(CC(=O)OC)C2. The molecule has 1 aromatic carbocycles. The Hall–Kier alpha value is -3.87. The second kappa shape index (κ2) is 10.0. The molecule has 2 unspecified atom stereocenters. The number of aromatic nitrogens is 3. The highest BCUT2D eigenvalue weighted by atomic mass is 32.1. The van der Waals surface area contributed by atoms with Crippen molar-refractivity contribution < 1.29 is 28.2 Å². The highest BCUT2D eigenvalue weighted by molar-refractivity contribution is 7.14. The van der Waals surface area contributed by atoms with Gasteiger partial charge >= 0.3 is 5.97 Å². The zero-order chi connectivity index (χ0) is 28.1. The summed E-state index contributed by atoms with van der Waals surface area (Å²) in [5, 5.41) is 21.5. The first-order valence-electron chi connectivity index (χ1n) is 12.5. The molecule has 5 rings (SSSR count). The Bertz CT molecular complexity index is 1520. The number of nitrogens with zero attached hydrogens (tertiary/aromatic N) is 5. The number of esters is 1. The van der Waals surface area contributed by atoms with Gasteiger partial charge in [-0.25, -0.2) is 8.78 Å². The van der Waals surface area contributed by atoms with E-state index in [-0.39, 0.29) is 46.6 Å². The van der Waals surface area contributed by atoms with Crippen LogP contribution in [-0.4, -0.2) is 63.1 Å². The van der Waals surface area contributed by atoms with Crippen molar-refractivity contribution in [2.75, 3.05) is 25.7 Å². The van der Waals surface area contributed by atoms with Crippen molar-refractivity contribution in [3.8, 4) is 16.3 Å². The predicted molar refractivity (Wildman–Crippen MR) is 138 cm³/mol. The number of hydrogen-bond donors (Lipinski definition) is 1. The second-order valence-electron chi connectivity index (χ2n) is 9.77. The van der Waals surface area contributed by atoms with Gasteiger partial charge in [-0.2, -0.15) is 0 Å². The number of methoxy groups -OCH3 is 1. The summed E-state index contributed by atoms with van der Waals surface area (Å²) >= 11 is 1.04. The maximum Gasteiger partial charge on any atom is 0.305 e. The van der Waals surface area contributed by atoms with Crippen LogP contribution in [0.3, 0.4) is 0 Å². The molecule has 1 N–H and O–H groups in total. The quantitative estimate of drug-likeness (QED) is 0.458. The first-order chi connectivity index (χ1) is 18.6. The van der Waals surface area contributed by atoms with Gasteiger partial charge in [-0.05, 0) is 43.7 Å². The topological polar surface area (TPSA) is 118 Å². The fourth-order valence-corrected chi connectivity index (χ4v) is 6.57. The molecular weight excluding hydrogens is 532 g/mol. The largest absolute Gasteiger partial charge is 0.502 e. The third-order valence-electron chi connectivity index (χ3n) is 7.66. The van der Waals surface area contributed by atoms with E-state index in [0.29, 0.717) is 30.8 Å². The monoisotopic (exact) mass is 559 g/mol. The number of benzene rings is 1. The summed E-state index contributed by atoms with van der Waals surface area (Å²) in [6, 6.07) is 3.25. The Morgan fingerprint density at radius 2 is 2.05 bits per heavy atom. The molecule has 1 aliphatic carbocycles. The fraction of sp³-hybridized carbons (Fsp3) is 0.423. The smallest absolute Gasteiger partial charge is 0.305 e. The van der Waals surface area contributed by atoms with E-state index in [4.69, 9.17) is 4.74 Å². The van der Waals surface area contributed by atoms with Crippen LogP contribution < -0.4 is 10.4 Å². The van der Waals surface area contributed by atoms with Crippen molar-refractivity contribution in [1.29, 1.82) is 0 Å². The van der Waals surface area contributed by atoms with E-state index >= 15 is 0 Å². The average molecular weight is 560 g/mol. The minimum Gasteiger partial charge on any atom is -0.502 e. The van der Waals surface area contributed by atoms with Crippen molar-refractivity contribution in [1.82, 2.24) is 19.8 Å². The Labute approximate surface area is 226 Å². The lowest BCUT2D eigenvalue weighted by Gasteiger charge is -2.52. The Morgan fingerprint density at radius 3 is 2.74 bits per heavy atom. The van der Waals surface area contributed by atoms with Crippen LogP contribution in [0.15, 0.2) is 29.2 Å². The minimum atomic E-state index is -0.777. The highest BCUT2D eigenvalue weighted by Crippen LogP contribution is 2.45. The summed E-state index contributed by atoms with van der Waals surface area (Å²) in [7, 11) is 3.11. The summed E-state index contributed by atoms with van der Waals surface area (Å²) in [5.41, 5.74) is -1.46. The number of hydrogen-bond acceptors (Lipinski definition) is 9. The highest BCUT2D eigenvalue weighted by Gasteiger charge is 2.53. The molecule has 2 aromatic heterocycles. The molecule has 2 aliphatic rings. The summed E-state index contributed by atoms with van der Waals surface area (Å²) < 4.78 is 33.7.